The SMILES string of the molecule is CCOc1ccc(CNCc2noc(-c3cccs3)n2)cn1. The van der Waals surface area contributed by atoms with Gasteiger partial charge in [0.1, 0.15) is 0 Å². The third-order valence-electron chi connectivity index (χ3n) is 2.90. The standard InChI is InChI=1S/C15H16N4O2S/c1-2-20-14-6-5-11(9-17-14)8-16-10-13-18-15(21-19-13)12-4-3-7-22-12/h3-7,9,16H,2,8,10H2,1H3. The molecule has 0 radical (unpaired) electrons. The van der Waals surface area contributed by atoms with Crippen molar-refractivity contribution in [2.24, 2.45) is 0 Å². The highest BCUT2D eigenvalue weighted by atomic mass is 32.1. The quantitative estimate of drug-likeness (QED) is 0.722. The maximum Gasteiger partial charge on any atom is 0.268 e. The largest absolute Gasteiger partial charge is 0.478 e. The molecule has 114 valence electrons. The molecule has 6 nitrogen and oxygen atoms in total. The molecular formula is C15H16N4O2S. The number of ether oxygens (including phenoxy) is 1. The Bertz CT molecular complexity index is 695. The van der Waals surface area contributed by atoms with Crippen molar-refractivity contribution in [1.82, 2.24) is 20.4 Å². The third kappa shape index (κ3) is 3.69. The van der Waals surface area contributed by atoms with Gasteiger partial charge in [-0.3, -0.25) is 0 Å². The molecule has 3 heterocycles. The molecule has 0 unspecified atom stereocenters. The van der Waals surface area contributed by atoms with Gasteiger partial charge in [0.25, 0.3) is 5.89 Å². The molecule has 0 aromatic carbocycles. The zero-order valence-electron chi connectivity index (χ0n) is 12.2. The fourth-order valence-corrected chi connectivity index (χ4v) is 2.54. The van der Waals surface area contributed by atoms with Crippen LogP contribution >= 0.6 is 11.3 Å². The summed E-state index contributed by atoms with van der Waals surface area (Å²) in [4.78, 5) is 9.56. The lowest BCUT2D eigenvalue weighted by atomic mass is 10.3. The second kappa shape index (κ2) is 7.15. The summed E-state index contributed by atoms with van der Waals surface area (Å²) in [5.41, 5.74) is 1.07. The number of aromatic nitrogens is 3. The van der Waals surface area contributed by atoms with Crippen LogP contribution in [0.4, 0.5) is 0 Å². The van der Waals surface area contributed by atoms with E-state index in [0.717, 1.165) is 10.4 Å². The fourth-order valence-electron chi connectivity index (χ4n) is 1.89. The van der Waals surface area contributed by atoms with Gasteiger partial charge in [0, 0.05) is 18.8 Å². The lowest BCUT2D eigenvalue weighted by Crippen LogP contribution is -2.13. The first kappa shape index (κ1) is 14.7. The van der Waals surface area contributed by atoms with E-state index in [1.54, 1.807) is 17.5 Å². The molecule has 0 aliphatic rings. The minimum Gasteiger partial charge on any atom is -0.478 e. The lowest BCUT2D eigenvalue weighted by Gasteiger charge is -2.04. The van der Waals surface area contributed by atoms with Crippen LogP contribution in [-0.4, -0.2) is 21.7 Å². The summed E-state index contributed by atoms with van der Waals surface area (Å²) in [6, 6.07) is 7.77. The number of pyridine rings is 1. The average Bonchev–Trinajstić information content (AvgIpc) is 3.20. The highest BCUT2D eigenvalue weighted by Gasteiger charge is 2.09. The van der Waals surface area contributed by atoms with Gasteiger partial charge in [-0.15, -0.1) is 11.3 Å². The van der Waals surface area contributed by atoms with Gasteiger partial charge in [-0.25, -0.2) is 4.98 Å². The number of nitrogens with zero attached hydrogens (tertiary/aromatic N) is 3. The van der Waals surface area contributed by atoms with Crippen LogP contribution in [0.1, 0.15) is 18.3 Å². The Hall–Kier alpha value is -2.25. The average molecular weight is 316 g/mol. The molecule has 0 amide bonds. The van der Waals surface area contributed by atoms with Crippen molar-refractivity contribution in [1.29, 1.82) is 0 Å². The van der Waals surface area contributed by atoms with Crippen LogP contribution in [-0.2, 0) is 13.1 Å². The summed E-state index contributed by atoms with van der Waals surface area (Å²) >= 11 is 1.58. The number of hydrogen-bond donors (Lipinski definition) is 1. The molecule has 3 rings (SSSR count). The Kier molecular flexibility index (Phi) is 4.77. The molecule has 3 aromatic heterocycles. The van der Waals surface area contributed by atoms with Gasteiger partial charge >= 0.3 is 0 Å². The van der Waals surface area contributed by atoms with E-state index in [1.165, 1.54) is 0 Å². The van der Waals surface area contributed by atoms with Crippen LogP contribution in [0.15, 0.2) is 40.4 Å². The molecule has 0 spiro atoms. The second-order valence-electron chi connectivity index (χ2n) is 4.53. The van der Waals surface area contributed by atoms with Gasteiger partial charge < -0.3 is 14.6 Å². The molecular weight excluding hydrogens is 300 g/mol. The molecule has 0 bridgehead atoms. The first-order chi connectivity index (χ1) is 10.8. The van der Waals surface area contributed by atoms with E-state index in [1.807, 2.05) is 36.6 Å². The van der Waals surface area contributed by atoms with Gasteiger partial charge in [0.15, 0.2) is 5.82 Å². The summed E-state index contributed by atoms with van der Waals surface area (Å²) in [6.07, 6.45) is 1.80. The smallest absolute Gasteiger partial charge is 0.268 e. The van der Waals surface area contributed by atoms with Gasteiger partial charge in [-0.05, 0) is 23.9 Å². The number of thiophene rings is 1. The van der Waals surface area contributed by atoms with Crippen molar-refractivity contribution in [2.75, 3.05) is 6.61 Å². The highest BCUT2D eigenvalue weighted by Crippen LogP contribution is 2.22. The van der Waals surface area contributed by atoms with Crippen LogP contribution in [0.5, 0.6) is 5.88 Å². The van der Waals surface area contributed by atoms with E-state index < -0.39 is 0 Å². The fraction of sp³-hybridized carbons (Fsp3) is 0.267. The Balaban J connectivity index is 1.50. The summed E-state index contributed by atoms with van der Waals surface area (Å²) in [6.45, 7) is 3.78. The third-order valence-corrected chi connectivity index (χ3v) is 3.76. The Morgan fingerprint density at radius 2 is 2.23 bits per heavy atom. The summed E-state index contributed by atoms with van der Waals surface area (Å²) in [7, 11) is 0. The van der Waals surface area contributed by atoms with Crippen LogP contribution in [0.2, 0.25) is 0 Å². The molecule has 0 saturated carbocycles. The second-order valence-corrected chi connectivity index (χ2v) is 5.48. The van der Waals surface area contributed by atoms with Gasteiger partial charge in [0.05, 0.1) is 18.0 Å². The Morgan fingerprint density at radius 1 is 1.27 bits per heavy atom. The number of nitrogens with one attached hydrogen (secondary N) is 1. The van der Waals surface area contributed by atoms with Crippen molar-refractivity contribution < 1.29 is 9.26 Å². The summed E-state index contributed by atoms with van der Waals surface area (Å²) < 4.78 is 10.5. The van der Waals surface area contributed by atoms with Crippen LogP contribution in [0.3, 0.4) is 0 Å². The lowest BCUT2D eigenvalue weighted by molar-refractivity contribution is 0.326. The van der Waals surface area contributed by atoms with Gasteiger partial charge in [-0.2, -0.15) is 4.98 Å². The summed E-state index contributed by atoms with van der Waals surface area (Å²) in [5.74, 6) is 1.85. The predicted octanol–water partition coefficient (Wildman–Crippen LogP) is 2.88. The molecule has 0 aliphatic carbocycles. The molecule has 7 heteroatoms. The van der Waals surface area contributed by atoms with Crippen molar-refractivity contribution in [2.45, 2.75) is 20.0 Å². The molecule has 3 aromatic rings. The van der Waals surface area contributed by atoms with Crippen LogP contribution < -0.4 is 10.1 Å². The van der Waals surface area contributed by atoms with Crippen LogP contribution in [0.25, 0.3) is 10.8 Å². The Labute approximate surface area is 132 Å². The molecule has 0 atom stereocenters. The number of hydrogen-bond acceptors (Lipinski definition) is 7. The minimum atomic E-state index is 0.544. The zero-order chi connectivity index (χ0) is 15.2. The predicted molar refractivity (Wildman–Crippen MR) is 83.6 cm³/mol. The van der Waals surface area contributed by atoms with E-state index in [4.69, 9.17) is 9.26 Å². The van der Waals surface area contributed by atoms with E-state index in [0.29, 0.717) is 37.3 Å². The van der Waals surface area contributed by atoms with Crippen molar-refractivity contribution in [3.63, 3.8) is 0 Å². The van der Waals surface area contributed by atoms with Crippen LogP contribution in [0, 0.1) is 0 Å². The molecule has 22 heavy (non-hydrogen) atoms. The molecule has 0 saturated heterocycles. The maximum absolute atomic E-state index is 5.31. The van der Waals surface area contributed by atoms with Crippen molar-refractivity contribution >= 4 is 11.3 Å². The number of rotatable bonds is 7. The molecule has 0 fully saturated rings. The van der Waals surface area contributed by atoms with E-state index in [2.05, 4.69) is 20.4 Å². The van der Waals surface area contributed by atoms with Gasteiger partial charge in [0.2, 0.25) is 5.88 Å². The maximum atomic E-state index is 5.31. The van der Waals surface area contributed by atoms with E-state index in [-0.39, 0.29) is 0 Å². The molecule has 0 aliphatic heterocycles. The van der Waals surface area contributed by atoms with Crippen molar-refractivity contribution in [3.05, 3.63) is 47.2 Å². The first-order valence-corrected chi connectivity index (χ1v) is 7.88. The first-order valence-electron chi connectivity index (χ1n) is 7.00. The zero-order valence-corrected chi connectivity index (χ0v) is 13.0. The van der Waals surface area contributed by atoms with Gasteiger partial charge in [-0.1, -0.05) is 17.3 Å². The molecule has 1 N–H and O–H groups in total. The van der Waals surface area contributed by atoms with Crippen molar-refractivity contribution in [3.8, 4) is 16.6 Å². The normalized spacial score (nSPS) is 10.8. The highest BCUT2D eigenvalue weighted by molar-refractivity contribution is 7.13. The Morgan fingerprint density at radius 3 is 2.95 bits per heavy atom. The topological polar surface area (TPSA) is 73.1 Å². The van der Waals surface area contributed by atoms with E-state index in [9.17, 15) is 0 Å². The minimum absolute atomic E-state index is 0.544. The summed E-state index contributed by atoms with van der Waals surface area (Å²) in [5, 5.41) is 9.21. The monoisotopic (exact) mass is 316 g/mol. The van der Waals surface area contributed by atoms with E-state index >= 15 is 0 Å².